The molecule has 0 heterocycles. The van der Waals surface area contributed by atoms with E-state index < -0.39 is 18.5 Å². The molecule has 0 saturated heterocycles. The van der Waals surface area contributed by atoms with Gasteiger partial charge in [-0.05, 0) is 48.9 Å². The number of benzene rings is 2. The highest BCUT2D eigenvalue weighted by atomic mass is 35.5. The smallest absolute Gasteiger partial charge is 0.331 e. The summed E-state index contributed by atoms with van der Waals surface area (Å²) in [6.45, 7) is 1.80. The Bertz CT molecular complexity index is 966. The molecule has 0 saturated carbocycles. The minimum atomic E-state index is -0.699. The second-order valence-electron chi connectivity index (χ2n) is 5.65. The maximum absolute atomic E-state index is 11.9. The van der Waals surface area contributed by atoms with Gasteiger partial charge < -0.3 is 19.5 Å². The number of halogens is 1. The van der Waals surface area contributed by atoms with Gasteiger partial charge in [-0.3, -0.25) is 4.79 Å². The minimum absolute atomic E-state index is 0.346. The van der Waals surface area contributed by atoms with E-state index in [0.717, 1.165) is 0 Å². The van der Waals surface area contributed by atoms with Gasteiger partial charge in [-0.15, -0.1) is 0 Å². The third kappa shape index (κ3) is 6.55. The summed E-state index contributed by atoms with van der Waals surface area (Å²) in [5.41, 5.74) is 1.45. The summed E-state index contributed by atoms with van der Waals surface area (Å²) < 4.78 is 15.6. The van der Waals surface area contributed by atoms with Crippen LogP contribution in [0.3, 0.4) is 0 Å². The normalized spacial score (nSPS) is 10.3. The molecular weight excluding hydrogens is 396 g/mol. The van der Waals surface area contributed by atoms with E-state index in [-0.39, 0.29) is 0 Å². The molecule has 29 heavy (non-hydrogen) atoms. The zero-order chi connectivity index (χ0) is 21.2. The maximum atomic E-state index is 11.9. The molecule has 0 unspecified atom stereocenters. The summed E-state index contributed by atoms with van der Waals surface area (Å²) in [5.74, 6) is -0.359. The quantitative estimate of drug-likeness (QED) is 0.521. The van der Waals surface area contributed by atoms with Gasteiger partial charge in [-0.25, -0.2) is 4.79 Å². The fourth-order valence-corrected chi connectivity index (χ4v) is 2.61. The summed E-state index contributed by atoms with van der Waals surface area (Å²) in [6, 6.07) is 11.7. The fraction of sp³-hybridized carbons (Fsp3) is 0.190. The van der Waals surface area contributed by atoms with Gasteiger partial charge in [0.2, 0.25) is 0 Å². The Morgan fingerprint density at radius 1 is 1.28 bits per heavy atom. The number of rotatable bonds is 8. The van der Waals surface area contributed by atoms with Crippen molar-refractivity contribution in [1.29, 1.82) is 5.26 Å². The molecule has 2 aromatic rings. The third-order valence-corrected chi connectivity index (χ3v) is 3.85. The Balaban J connectivity index is 1.93. The molecule has 2 rings (SSSR count). The molecule has 0 atom stereocenters. The van der Waals surface area contributed by atoms with Crippen LogP contribution in [0, 0.1) is 11.3 Å². The van der Waals surface area contributed by atoms with Crippen molar-refractivity contribution in [2.24, 2.45) is 0 Å². The molecule has 0 aliphatic heterocycles. The largest absolute Gasteiger partial charge is 0.493 e. The molecule has 0 aliphatic rings. The van der Waals surface area contributed by atoms with Gasteiger partial charge in [0.1, 0.15) is 0 Å². The van der Waals surface area contributed by atoms with E-state index in [1.807, 2.05) is 13.0 Å². The van der Waals surface area contributed by atoms with Crippen LogP contribution in [0.2, 0.25) is 5.02 Å². The molecule has 2 aromatic carbocycles. The van der Waals surface area contributed by atoms with E-state index in [9.17, 15) is 9.59 Å². The van der Waals surface area contributed by atoms with Gasteiger partial charge in [0.15, 0.2) is 18.1 Å². The first-order valence-corrected chi connectivity index (χ1v) is 8.99. The van der Waals surface area contributed by atoms with E-state index in [1.54, 1.807) is 30.3 Å². The first kappa shape index (κ1) is 21.8. The van der Waals surface area contributed by atoms with Crippen LogP contribution in [0.1, 0.15) is 18.1 Å². The Labute approximate surface area is 173 Å². The zero-order valence-corrected chi connectivity index (χ0v) is 16.7. The van der Waals surface area contributed by atoms with Gasteiger partial charge >= 0.3 is 5.97 Å². The average Bonchev–Trinajstić information content (AvgIpc) is 2.72. The highest BCUT2D eigenvalue weighted by Gasteiger charge is 2.11. The molecule has 150 valence electrons. The number of nitriles is 1. The number of nitrogens with one attached hydrogen (secondary N) is 1. The van der Waals surface area contributed by atoms with Crippen LogP contribution in [0.15, 0.2) is 42.5 Å². The lowest BCUT2D eigenvalue weighted by Crippen LogP contribution is -2.20. The fourth-order valence-electron chi connectivity index (χ4n) is 2.33. The third-order valence-electron chi connectivity index (χ3n) is 3.57. The number of methoxy groups -OCH3 is 1. The Hall–Kier alpha value is -3.50. The number of ether oxygens (including phenoxy) is 3. The Morgan fingerprint density at radius 3 is 2.76 bits per heavy atom. The van der Waals surface area contributed by atoms with Crippen molar-refractivity contribution in [3.63, 3.8) is 0 Å². The topological polar surface area (TPSA) is 97.6 Å². The van der Waals surface area contributed by atoms with Crippen molar-refractivity contribution in [3.05, 3.63) is 58.6 Å². The first-order chi connectivity index (χ1) is 14.0. The molecule has 1 N–H and O–H groups in total. The lowest BCUT2D eigenvalue weighted by Gasteiger charge is -2.11. The van der Waals surface area contributed by atoms with Crippen LogP contribution in [0.5, 0.6) is 11.5 Å². The average molecular weight is 415 g/mol. The van der Waals surface area contributed by atoms with Crippen molar-refractivity contribution in [2.45, 2.75) is 6.92 Å². The number of hydrogen-bond donors (Lipinski definition) is 1. The van der Waals surface area contributed by atoms with Gasteiger partial charge in [0.05, 0.1) is 30.4 Å². The first-order valence-electron chi connectivity index (χ1n) is 8.62. The summed E-state index contributed by atoms with van der Waals surface area (Å²) in [6.07, 6.45) is 2.66. The van der Waals surface area contributed by atoms with E-state index in [4.69, 9.17) is 31.1 Å². The van der Waals surface area contributed by atoms with Crippen LogP contribution < -0.4 is 14.8 Å². The van der Waals surface area contributed by atoms with Gasteiger partial charge in [-0.2, -0.15) is 5.26 Å². The number of carbonyl (C=O) groups excluding carboxylic acids is 2. The van der Waals surface area contributed by atoms with E-state index >= 15 is 0 Å². The molecule has 0 radical (unpaired) electrons. The summed E-state index contributed by atoms with van der Waals surface area (Å²) in [4.78, 5) is 23.7. The predicted molar refractivity (Wildman–Crippen MR) is 109 cm³/mol. The van der Waals surface area contributed by atoms with Crippen molar-refractivity contribution in [2.75, 3.05) is 25.6 Å². The Kier molecular flexibility index (Phi) is 8.07. The summed E-state index contributed by atoms with van der Waals surface area (Å²) in [7, 11) is 1.49. The summed E-state index contributed by atoms with van der Waals surface area (Å²) >= 11 is 6.18. The lowest BCUT2D eigenvalue weighted by molar-refractivity contribution is -0.142. The molecule has 8 heteroatoms. The number of anilines is 1. The Morgan fingerprint density at radius 2 is 2.07 bits per heavy atom. The SMILES string of the molecule is CCOc1c(Cl)cc(/C=C/C(=O)OCC(=O)Nc2cccc(C#N)c2)cc1OC. The zero-order valence-electron chi connectivity index (χ0n) is 15.9. The van der Waals surface area contributed by atoms with E-state index in [0.29, 0.717) is 39.9 Å². The van der Waals surface area contributed by atoms with Crippen molar-refractivity contribution in [3.8, 4) is 17.6 Å². The van der Waals surface area contributed by atoms with Gasteiger partial charge in [-0.1, -0.05) is 17.7 Å². The monoisotopic (exact) mass is 414 g/mol. The highest BCUT2D eigenvalue weighted by Crippen LogP contribution is 2.36. The van der Waals surface area contributed by atoms with Crippen LogP contribution >= 0.6 is 11.6 Å². The molecule has 7 nitrogen and oxygen atoms in total. The van der Waals surface area contributed by atoms with E-state index in [2.05, 4.69) is 5.32 Å². The van der Waals surface area contributed by atoms with Crippen LogP contribution in [-0.2, 0) is 14.3 Å². The maximum Gasteiger partial charge on any atom is 0.331 e. The van der Waals surface area contributed by atoms with Gasteiger partial charge in [0.25, 0.3) is 5.91 Å². The van der Waals surface area contributed by atoms with Crippen LogP contribution in [0.25, 0.3) is 6.08 Å². The number of esters is 1. The van der Waals surface area contributed by atoms with Crippen molar-refractivity contribution >= 4 is 35.2 Å². The number of amides is 1. The summed E-state index contributed by atoms with van der Waals surface area (Å²) in [5, 5.41) is 11.7. The molecule has 1 amide bonds. The molecule has 0 bridgehead atoms. The van der Waals surface area contributed by atoms with E-state index in [1.165, 1.54) is 25.3 Å². The van der Waals surface area contributed by atoms with Gasteiger partial charge in [0, 0.05) is 11.8 Å². The predicted octanol–water partition coefficient (Wildman–Crippen LogP) is 3.81. The number of hydrogen-bond acceptors (Lipinski definition) is 6. The molecule has 0 aromatic heterocycles. The molecule has 0 spiro atoms. The van der Waals surface area contributed by atoms with Crippen LogP contribution in [0.4, 0.5) is 5.69 Å². The molecule has 0 aliphatic carbocycles. The minimum Gasteiger partial charge on any atom is -0.493 e. The lowest BCUT2D eigenvalue weighted by atomic mass is 10.2. The standard InChI is InChI=1S/C21H19ClN2O5/c1-3-28-21-17(22)10-14(11-18(21)27-2)7-8-20(26)29-13-19(25)24-16-6-4-5-15(9-16)12-23/h4-11H,3,13H2,1-2H3,(H,24,25)/b8-7+. The van der Waals surface area contributed by atoms with Crippen molar-refractivity contribution in [1.82, 2.24) is 0 Å². The van der Waals surface area contributed by atoms with Crippen LogP contribution in [-0.4, -0.2) is 32.2 Å². The molecular formula is C21H19ClN2O5. The number of carbonyl (C=O) groups is 2. The number of nitrogens with zero attached hydrogens (tertiary/aromatic N) is 1. The second kappa shape index (κ2) is 10.7. The highest BCUT2D eigenvalue weighted by molar-refractivity contribution is 6.32. The molecule has 0 fully saturated rings. The second-order valence-corrected chi connectivity index (χ2v) is 6.06. The van der Waals surface area contributed by atoms with Crippen molar-refractivity contribution < 1.29 is 23.8 Å².